The molecular weight excluding hydrogens is 440 g/mol. The average molecular weight is 467 g/mol. The van der Waals surface area contributed by atoms with Crippen molar-refractivity contribution in [3.8, 4) is 28.5 Å². The van der Waals surface area contributed by atoms with Crippen molar-refractivity contribution < 1.29 is 0 Å². The van der Waals surface area contributed by atoms with Crippen molar-refractivity contribution in [3.63, 3.8) is 0 Å². The molecule has 33 heavy (non-hydrogen) atoms. The molecule has 4 rings (SSSR count). The second kappa shape index (κ2) is 10.3. The van der Waals surface area contributed by atoms with E-state index in [9.17, 15) is 5.26 Å². The van der Waals surface area contributed by atoms with Crippen LogP contribution in [-0.4, -0.2) is 10.1 Å². The van der Waals surface area contributed by atoms with Crippen molar-refractivity contribution >= 4 is 23.5 Å². The fourth-order valence-corrected chi connectivity index (χ4v) is 5.56. The molecule has 0 aliphatic rings. The molecule has 0 unspecified atom stereocenters. The van der Waals surface area contributed by atoms with E-state index in [4.69, 9.17) is 4.98 Å². The smallest absolute Gasteiger partial charge is 0.116 e. The normalized spacial score (nSPS) is 11.2. The van der Waals surface area contributed by atoms with Crippen LogP contribution in [0.15, 0.2) is 101 Å². The third kappa shape index (κ3) is 5.68. The third-order valence-electron chi connectivity index (χ3n) is 5.39. The van der Waals surface area contributed by atoms with Crippen LogP contribution in [0.2, 0.25) is 0 Å². The van der Waals surface area contributed by atoms with Gasteiger partial charge in [-0.15, -0.1) is 11.8 Å². The number of benzene rings is 3. The molecule has 2 nitrogen and oxygen atoms in total. The van der Waals surface area contributed by atoms with E-state index < -0.39 is 0 Å². The Bertz CT molecular complexity index is 1250. The molecule has 0 saturated carbocycles. The first-order chi connectivity index (χ1) is 16.0. The minimum absolute atomic E-state index is 0.148. The van der Waals surface area contributed by atoms with Gasteiger partial charge in [-0.1, -0.05) is 105 Å². The van der Waals surface area contributed by atoms with Gasteiger partial charge < -0.3 is 0 Å². The Morgan fingerprint density at radius 3 is 1.97 bits per heavy atom. The zero-order chi connectivity index (χ0) is 23.3. The molecule has 0 atom stereocenters. The van der Waals surface area contributed by atoms with Crippen molar-refractivity contribution in [2.75, 3.05) is 5.08 Å². The number of aromatic nitrogens is 1. The maximum absolute atomic E-state index is 10.0. The maximum Gasteiger partial charge on any atom is 0.116 e. The number of thioether (sulfide) groups is 2. The molecular formula is C29H26N2S2. The number of hydrogen-bond acceptors (Lipinski definition) is 4. The van der Waals surface area contributed by atoms with Crippen LogP contribution in [0.1, 0.15) is 31.9 Å². The van der Waals surface area contributed by atoms with Gasteiger partial charge in [0.05, 0.1) is 16.3 Å². The largest absolute Gasteiger partial charge is 0.240 e. The highest BCUT2D eigenvalue weighted by Gasteiger charge is 2.16. The lowest BCUT2D eigenvalue weighted by atomic mass is 9.87. The first kappa shape index (κ1) is 23.2. The quantitative estimate of drug-likeness (QED) is 0.211. The molecule has 0 aliphatic heterocycles. The van der Waals surface area contributed by atoms with Crippen molar-refractivity contribution in [1.82, 2.24) is 4.98 Å². The van der Waals surface area contributed by atoms with Gasteiger partial charge in [-0.2, -0.15) is 5.26 Å². The van der Waals surface area contributed by atoms with Gasteiger partial charge in [-0.25, -0.2) is 4.98 Å². The summed E-state index contributed by atoms with van der Waals surface area (Å²) in [6.45, 7) is 6.68. The summed E-state index contributed by atoms with van der Waals surface area (Å²) in [6.07, 6.45) is 0. The van der Waals surface area contributed by atoms with Gasteiger partial charge in [0.25, 0.3) is 0 Å². The van der Waals surface area contributed by atoms with Gasteiger partial charge in [0.1, 0.15) is 11.1 Å². The lowest BCUT2D eigenvalue weighted by Crippen LogP contribution is -2.10. The van der Waals surface area contributed by atoms with E-state index in [0.717, 1.165) is 32.5 Å². The highest BCUT2D eigenvalue weighted by molar-refractivity contribution is 8.16. The zero-order valence-corrected chi connectivity index (χ0v) is 20.7. The van der Waals surface area contributed by atoms with Gasteiger partial charge in [0, 0.05) is 16.0 Å². The van der Waals surface area contributed by atoms with Crippen LogP contribution < -0.4 is 0 Å². The number of rotatable bonds is 6. The van der Waals surface area contributed by atoms with Crippen LogP contribution in [0.5, 0.6) is 0 Å². The Hall–Kier alpha value is -3.00. The number of hydrogen-bond donors (Lipinski definition) is 0. The van der Waals surface area contributed by atoms with Crippen molar-refractivity contribution in [1.29, 1.82) is 5.26 Å². The van der Waals surface area contributed by atoms with E-state index in [2.05, 4.69) is 63.2 Å². The summed E-state index contributed by atoms with van der Waals surface area (Å²) in [4.78, 5) is 6.12. The number of pyridine rings is 1. The van der Waals surface area contributed by atoms with Crippen LogP contribution in [0.25, 0.3) is 22.4 Å². The molecule has 0 N–H and O–H groups in total. The summed E-state index contributed by atoms with van der Waals surface area (Å²) in [6, 6.07) is 33.5. The minimum Gasteiger partial charge on any atom is -0.240 e. The first-order valence-electron chi connectivity index (χ1n) is 10.9. The molecule has 1 heterocycles. The Morgan fingerprint density at radius 1 is 0.788 bits per heavy atom. The topological polar surface area (TPSA) is 36.7 Å². The van der Waals surface area contributed by atoms with Crippen molar-refractivity contribution in [2.24, 2.45) is 0 Å². The Balaban J connectivity index is 1.63. The van der Waals surface area contributed by atoms with Gasteiger partial charge in [0.2, 0.25) is 0 Å². The van der Waals surface area contributed by atoms with Crippen LogP contribution in [0.3, 0.4) is 0 Å². The molecule has 1 aromatic heterocycles. The van der Waals surface area contributed by atoms with Crippen LogP contribution in [0.4, 0.5) is 0 Å². The lowest BCUT2D eigenvalue weighted by molar-refractivity contribution is 0.590. The fourth-order valence-electron chi connectivity index (χ4n) is 3.54. The Morgan fingerprint density at radius 2 is 1.39 bits per heavy atom. The summed E-state index contributed by atoms with van der Waals surface area (Å²) >= 11 is 3.39. The number of nitriles is 1. The molecule has 0 fully saturated rings. The first-order valence-corrected chi connectivity index (χ1v) is 12.8. The van der Waals surface area contributed by atoms with Crippen LogP contribution in [-0.2, 0) is 5.41 Å². The second-order valence-electron chi connectivity index (χ2n) is 8.76. The summed E-state index contributed by atoms with van der Waals surface area (Å²) in [7, 11) is 0. The van der Waals surface area contributed by atoms with E-state index in [0.29, 0.717) is 5.56 Å². The molecule has 0 amide bonds. The van der Waals surface area contributed by atoms with Crippen LogP contribution in [0, 0.1) is 11.3 Å². The fraction of sp³-hybridized carbons (Fsp3) is 0.172. The molecule has 0 aliphatic carbocycles. The van der Waals surface area contributed by atoms with Gasteiger partial charge in [0.15, 0.2) is 0 Å². The van der Waals surface area contributed by atoms with E-state index in [-0.39, 0.29) is 5.41 Å². The highest BCUT2D eigenvalue weighted by atomic mass is 32.2. The summed E-state index contributed by atoms with van der Waals surface area (Å²) < 4.78 is 0. The van der Waals surface area contributed by atoms with Gasteiger partial charge in [-0.3, -0.25) is 0 Å². The number of nitrogens with zero attached hydrogens (tertiary/aromatic N) is 2. The molecule has 4 aromatic rings. The molecule has 0 saturated heterocycles. The van der Waals surface area contributed by atoms with Crippen LogP contribution >= 0.6 is 23.5 Å². The summed E-state index contributed by atoms with van der Waals surface area (Å²) in [5.41, 5.74) is 6.00. The average Bonchev–Trinajstić information content (AvgIpc) is 2.84. The molecule has 3 aromatic carbocycles. The Kier molecular flexibility index (Phi) is 7.23. The van der Waals surface area contributed by atoms with Gasteiger partial charge >= 0.3 is 0 Å². The maximum atomic E-state index is 10.0. The lowest BCUT2D eigenvalue weighted by Gasteiger charge is -2.19. The SMILES string of the molecule is CC(C)(C)c1ccc(SCSc2nc(-c3ccccc3)cc(-c3ccccc3)c2C#N)cc1. The van der Waals surface area contributed by atoms with Gasteiger partial charge in [-0.05, 0) is 34.7 Å². The predicted molar refractivity (Wildman–Crippen MR) is 142 cm³/mol. The summed E-state index contributed by atoms with van der Waals surface area (Å²) in [5, 5.41) is 11.6. The Labute approximate surface area is 205 Å². The predicted octanol–water partition coefficient (Wildman–Crippen LogP) is 8.43. The van der Waals surface area contributed by atoms with E-state index in [1.807, 2.05) is 54.6 Å². The standard InChI is InChI=1S/C29H26N2S2/c1-29(2,3)23-14-16-24(17-15-23)32-20-33-28-26(19-30)25(21-10-6-4-7-11-21)18-27(31-28)22-12-8-5-9-13-22/h4-18H,20H2,1-3H3. The second-order valence-corrected chi connectivity index (χ2v) is 11.1. The van der Waals surface area contributed by atoms with Crippen molar-refractivity contribution in [2.45, 2.75) is 36.1 Å². The minimum atomic E-state index is 0.148. The van der Waals surface area contributed by atoms with E-state index in [1.165, 1.54) is 10.5 Å². The molecule has 0 radical (unpaired) electrons. The molecule has 0 bridgehead atoms. The summed E-state index contributed by atoms with van der Waals surface area (Å²) in [5.74, 6) is 0. The third-order valence-corrected chi connectivity index (χ3v) is 7.51. The molecule has 0 spiro atoms. The molecule has 164 valence electrons. The molecule has 4 heteroatoms. The highest BCUT2D eigenvalue weighted by Crippen LogP contribution is 2.36. The van der Waals surface area contributed by atoms with E-state index in [1.54, 1.807) is 23.5 Å². The monoisotopic (exact) mass is 466 g/mol. The van der Waals surface area contributed by atoms with E-state index >= 15 is 0 Å². The zero-order valence-electron chi connectivity index (χ0n) is 19.1. The van der Waals surface area contributed by atoms with Crippen molar-refractivity contribution in [3.05, 3.63) is 102 Å².